The van der Waals surface area contributed by atoms with Crippen LogP contribution in [0.25, 0.3) is 0 Å². The smallest absolute Gasteiger partial charge is 0.0792 e. The van der Waals surface area contributed by atoms with E-state index in [1.54, 1.807) is 32.1 Å². The zero-order valence-corrected chi connectivity index (χ0v) is 19.6. The molecule has 0 aromatic heterocycles. The molecular formula is C24H40Si2. The summed E-state index contributed by atoms with van der Waals surface area (Å²) in [6, 6.07) is 0. The second kappa shape index (κ2) is 6.21. The predicted octanol–water partition coefficient (Wildman–Crippen LogP) is 7.58. The lowest BCUT2D eigenvalue weighted by Gasteiger charge is -2.56. The van der Waals surface area contributed by atoms with E-state index < -0.39 is 16.1 Å². The number of allylic oxidation sites excluding steroid dienone is 4. The van der Waals surface area contributed by atoms with E-state index >= 15 is 0 Å². The Kier molecular flexibility index (Phi) is 4.29. The average molecular weight is 385 g/mol. The second-order valence-corrected chi connectivity index (χ2v) is 21.4. The van der Waals surface area contributed by atoms with Crippen LogP contribution in [0.2, 0.25) is 42.8 Å². The van der Waals surface area contributed by atoms with Gasteiger partial charge in [0.25, 0.3) is 0 Å². The molecule has 5 aliphatic rings. The molecule has 0 aromatic carbocycles. The van der Waals surface area contributed by atoms with E-state index in [2.05, 4.69) is 44.4 Å². The first-order valence-corrected chi connectivity index (χ1v) is 18.0. The van der Waals surface area contributed by atoms with E-state index in [4.69, 9.17) is 0 Å². The summed E-state index contributed by atoms with van der Waals surface area (Å²) in [6.07, 6.45) is 21.8. The van der Waals surface area contributed by atoms with Crippen molar-refractivity contribution in [3.05, 3.63) is 23.4 Å². The molecule has 5 atom stereocenters. The minimum absolute atomic E-state index is 0.900. The van der Waals surface area contributed by atoms with Crippen molar-refractivity contribution < 1.29 is 0 Å². The van der Waals surface area contributed by atoms with Crippen molar-refractivity contribution in [2.45, 2.75) is 101 Å². The lowest BCUT2D eigenvalue weighted by atomic mass is 9.85. The van der Waals surface area contributed by atoms with E-state index in [1.807, 2.05) is 5.20 Å². The van der Waals surface area contributed by atoms with Gasteiger partial charge in [-0.25, -0.2) is 0 Å². The fourth-order valence-electron chi connectivity index (χ4n) is 9.02. The molecule has 0 aromatic rings. The molecule has 0 radical (unpaired) electrons. The number of hydrogen-bond donors (Lipinski definition) is 0. The topological polar surface area (TPSA) is 0 Å². The molecule has 0 nitrogen and oxygen atoms in total. The van der Waals surface area contributed by atoms with Crippen LogP contribution in [0.1, 0.15) is 57.8 Å². The minimum Gasteiger partial charge on any atom is -0.0805 e. The number of rotatable bonds is 2. The van der Waals surface area contributed by atoms with E-state index in [-0.39, 0.29) is 0 Å². The summed E-state index contributed by atoms with van der Waals surface area (Å²) in [5.41, 5.74) is 3.17. The van der Waals surface area contributed by atoms with Crippen LogP contribution >= 0.6 is 0 Å². The van der Waals surface area contributed by atoms with Crippen molar-refractivity contribution in [3.8, 4) is 0 Å². The summed E-state index contributed by atoms with van der Waals surface area (Å²) in [5, 5.41) is 1.98. The Morgan fingerprint density at radius 2 is 1.31 bits per heavy atom. The van der Waals surface area contributed by atoms with E-state index in [9.17, 15) is 0 Å². The molecule has 0 bridgehead atoms. The highest BCUT2D eigenvalue weighted by atomic mass is 28.3. The summed E-state index contributed by atoms with van der Waals surface area (Å²) in [4.78, 5) is 0. The van der Waals surface area contributed by atoms with Gasteiger partial charge in [0.05, 0.1) is 16.1 Å². The summed E-state index contributed by atoms with van der Waals surface area (Å²) in [5.74, 6) is 4.40. The minimum atomic E-state index is -1.33. The zero-order valence-electron chi connectivity index (χ0n) is 17.6. The van der Waals surface area contributed by atoms with Crippen LogP contribution in [0.4, 0.5) is 0 Å². The van der Waals surface area contributed by atoms with Crippen molar-refractivity contribution in [2.24, 2.45) is 23.7 Å². The van der Waals surface area contributed by atoms with Gasteiger partial charge in [-0.1, -0.05) is 101 Å². The van der Waals surface area contributed by atoms with Gasteiger partial charge in [0.2, 0.25) is 0 Å². The molecule has 26 heavy (non-hydrogen) atoms. The molecule has 3 saturated carbocycles. The maximum atomic E-state index is 2.81. The Balaban J connectivity index is 1.59. The van der Waals surface area contributed by atoms with Crippen LogP contribution in [0.3, 0.4) is 0 Å². The van der Waals surface area contributed by atoms with Gasteiger partial charge in [0.15, 0.2) is 0 Å². The van der Waals surface area contributed by atoms with E-state index in [0.29, 0.717) is 0 Å². The third kappa shape index (κ3) is 2.43. The Bertz CT molecular complexity index is 616. The molecule has 144 valence electrons. The molecule has 4 fully saturated rings. The highest BCUT2D eigenvalue weighted by Gasteiger charge is 2.65. The molecule has 1 saturated heterocycles. The van der Waals surface area contributed by atoms with Gasteiger partial charge in [-0.05, 0) is 46.7 Å². The normalized spacial score (nSPS) is 44.3. The molecule has 5 rings (SSSR count). The molecular weight excluding hydrogens is 344 g/mol. The third-order valence-electron chi connectivity index (χ3n) is 10.0. The van der Waals surface area contributed by atoms with Crippen molar-refractivity contribution >= 4 is 16.1 Å². The van der Waals surface area contributed by atoms with Crippen LogP contribution in [0.15, 0.2) is 23.4 Å². The van der Waals surface area contributed by atoms with Crippen molar-refractivity contribution in [2.75, 3.05) is 0 Å². The van der Waals surface area contributed by atoms with Crippen molar-refractivity contribution in [1.82, 2.24) is 0 Å². The third-order valence-corrected chi connectivity index (χ3v) is 19.7. The number of fused-ring (bicyclic) bond motifs is 2. The first kappa shape index (κ1) is 18.0. The quantitative estimate of drug-likeness (QED) is 0.430. The summed E-state index contributed by atoms with van der Waals surface area (Å²) < 4.78 is 0. The molecule has 5 unspecified atom stereocenters. The summed E-state index contributed by atoms with van der Waals surface area (Å²) >= 11 is 0. The van der Waals surface area contributed by atoms with Gasteiger partial charge in [0, 0.05) is 0 Å². The Morgan fingerprint density at radius 3 is 1.88 bits per heavy atom. The second-order valence-electron chi connectivity index (χ2n) is 11.7. The highest BCUT2D eigenvalue weighted by Crippen LogP contribution is 2.71. The van der Waals surface area contributed by atoms with Crippen molar-refractivity contribution in [1.29, 1.82) is 0 Å². The summed E-state index contributed by atoms with van der Waals surface area (Å²) in [7, 11) is -2.61. The Morgan fingerprint density at radius 1 is 0.769 bits per heavy atom. The molecule has 0 spiro atoms. The van der Waals surface area contributed by atoms with Crippen LogP contribution in [0.5, 0.6) is 0 Å². The highest BCUT2D eigenvalue weighted by molar-refractivity contribution is 6.95. The maximum Gasteiger partial charge on any atom is 0.0792 e. The Labute approximate surface area is 163 Å². The first-order valence-electron chi connectivity index (χ1n) is 11.8. The van der Waals surface area contributed by atoms with Gasteiger partial charge in [-0.3, -0.25) is 0 Å². The summed E-state index contributed by atoms with van der Waals surface area (Å²) in [6.45, 7) is 11.2. The lowest BCUT2D eigenvalue weighted by molar-refractivity contribution is 0.294. The van der Waals surface area contributed by atoms with Crippen LogP contribution in [-0.2, 0) is 0 Å². The lowest BCUT2D eigenvalue weighted by Crippen LogP contribution is -2.56. The molecule has 0 amide bonds. The molecule has 1 heterocycles. The van der Waals surface area contributed by atoms with E-state index in [1.165, 1.54) is 25.7 Å². The monoisotopic (exact) mass is 384 g/mol. The van der Waals surface area contributed by atoms with Crippen LogP contribution in [-0.4, -0.2) is 16.1 Å². The van der Waals surface area contributed by atoms with Gasteiger partial charge < -0.3 is 0 Å². The largest absolute Gasteiger partial charge is 0.0805 e. The molecule has 0 N–H and O–H groups in total. The van der Waals surface area contributed by atoms with Crippen LogP contribution in [0, 0.1) is 23.7 Å². The predicted molar refractivity (Wildman–Crippen MR) is 119 cm³/mol. The zero-order chi connectivity index (χ0) is 18.1. The molecule has 1 aliphatic heterocycles. The Hall–Kier alpha value is -0.0862. The van der Waals surface area contributed by atoms with Crippen molar-refractivity contribution in [3.63, 3.8) is 0 Å². The molecule has 4 aliphatic carbocycles. The van der Waals surface area contributed by atoms with Gasteiger partial charge in [0.1, 0.15) is 0 Å². The maximum absolute atomic E-state index is 2.81. The first-order chi connectivity index (χ1) is 12.4. The number of hydrogen-bond acceptors (Lipinski definition) is 0. The SMILES string of the molecule is C[Si]1(C)C2=CC=CC2[Si](C)(C)C2C(C3CCCC3)CC(C3CCCC3)C21. The standard InChI is InChI=1S/C24H40Si2/c1-25(2)21-14-9-15-22(21)26(3,4)24-20(18-12-7-8-13-18)16-19(23(24)25)17-10-5-6-11-17/h9,14-15,17-21,23-24H,5-8,10-13,16H2,1-4H3. The fourth-order valence-corrected chi connectivity index (χ4v) is 22.8. The van der Waals surface area contributed by atoms with Gasteiger partial charge in [-0.15, -0.1) is 0 Å². The van der Waals surface area contributed by atoms with E-state index in [0.717, 1.165) is 40.3 Å². The van der Waals surface area contributed by atoms with Crippen LogP contribution < -0.4 is 0 Å². The average Bonchev–Trinajstić information content (AvgIpc) is 3.40. The van der Waals surface area contributed by atoms with Gasteiger partial charge >= 0.3 is 0 Å². The molecule has 2 heteroatoms. The fraction of sp³-hybridized carbons (Fsp3) is 0.833. The van der Waals surface area contributed by atoms with Gasteiger partial charge in [-0.2, -0.15) is 0 Å².